The number of rotatable bonds is 3. The fourth-order valence-electron chi connectivity index (χ4n) is 4.36. The lowest BCUT2D eigenvalue weighted by atomic mass is 9.93. The van der Waals surface area contributed by atoms with Crippen molar-refractivity contribution in [2.45, 2.75) is 51.5 Å². The Kier molecular flexibility index (Phi) is 5.98. The van der Waals surface area contributed by atoms with Crippen molar-refractivity contribution >= 4 is 12.0 Å². The van der Waals surface area contributed by atoms with E-state index in [2.05, 4.69) is 9.80 Å². The van der Waals surface area contributed by atoms with Gasteiger partial charge >= 0.3 is 6.09 Å². The number of ether oxygens (including phenoxy) is 1. The summed E-state index contributed by atoms with van der Waals surface area (Å²) in [5.41, 5.74) is 0. The second-order valence-corrected chi connectivity index (χ2v) is 7.28. The predicted octanol–water partition coefficient (Wildman–Crippen LogP) is 1.94. The highest BCUT2D eigenvalue weighted by molar-refractivity contribution is 5.79. The van der Waals surface area contributed by atoms with E-state index in [1.807, 2.05) is 11.8 Å². The minimum absolute atomic E-state index is 0.180. The molecule has 3 heterocycles. The molecule has 136 valence electrons. The van der Waals surface area contributed by atoms with Crippen molar-refractivity contribution in [1.82, 2.24) is 14.7 Å². The van der Waals surface area contributed by atoms with E-state index in [9.17, 15) is 9.59 Å². The van der Waals surface area contributed by atoms with Gasteiger partial charge in [-0.05, 0) is 52.0 Å². The molecule has 6 heteroatoms. The third kappa shape index (κ3) is 4.02. The van der Waals surface area contributed by atoms with Crippen molar-refractivity contribution in [2.24, 2.45) is 5.92 Å². The van der Waals surface area contributed by atoms with Crippen molar-refractivity contribution in [3.63, 3.8) is 0 Å². The lowest BCUT2D eigenvalue weighted by Gasteiger charge is -2.42. The van der Waals surface area contributed by atoms with Gasteiger partial charge in [0.1, 0.15) is 0 Å². The molecule has 0 aromatic heterocycles. The monoisotopic (exact) mass is 337 g/mol. The van der Waals surface area contributed by atoms with Gasteiger partial charge in [-0.3, -0.25) is 9.69 Å². The summed E-state index contributed by atoms with van der Waals surface area (Å²) >= 11 is 0. The van der Waals surface area contributed by atoms with Crippen LogP contribution in [0.15, 0.2) is 0 Å². The molecule has 0 N–H and O–H groups in total. The number of amides is 2. The second-order valence-electron chi connectivity index (χ2n) is 7.28. The molecule has 1 atom stereocenters. The molecule has 0 bridgehead atoms. The van der Waals surface area contributed by atoms with E-state index in [0.717, 1.165) is 77.8 Å². The first-order valence-electron chi connectivity index (χ1n) is 9.63. The highest BCUT2D eigenvalue weighted by Crippen LogP contribution is 2.26. The molecule has 0 aromatic carbocycles. The fraction of sp³-hybridized carbons (Fsp3) is 0.889. The van der Waals surface area contributed by atoms with E-state index in [1.165, 1.54) is 0 Å². The van der Waals surface area contributed by atoms with Crippen molar-refractivity contribution in [1.29, 1.82) is 0 Å². The van der Waals surface area contributed by atoms with Crippen LogP contribution in [0.25, 0.3) is 0 Å². The zero-order valence-corrected chi connectivity index (χ0v) is 14.9. The van der Waals surface area contributed by atoms with Gasteiger partial charge in [0.15, 0.2) is 0 Å². The molecule has 0 saturated carbocycles. The summed E-state index contributed by atoms with van der Waals surface area (Å²) in [6, 6.07) is 0.504. The van der Waals surface area contributed by atoms with Gasteiger partial charge in [-0.2, -0.15) is 0 Å². The van der Waals surface area contributed by atoms with Gasteiger partial charge in [0.25, 0.3) is 0 Å². The van der Waals surface area contributed by atoms with Crippen molar-refractivity contribution < 1.29 is 14.3 Å². The molecule has 24 heavy (non-hydrogen) atoms. The molecule has 2 amide bonds. The minimum atomic E-state index is -0.184. The summed E-state index contributed by atoms with van der Waals surface area (Å²) < 4.78 is 5.09. The lowest BCUT2D eigenvalue weighted by molar-refractivity contribution is -0.136. The molecular weight excluding hydrogens is 306 g/mol. The highest BCUT2D eigenvalue weighted by atomic mass is 16.6. The average Bonchev–Trinajstić information content (AvgIpc) is 3.16. The van der Waals surface area contributed by atoms with Crippen LogP contribution < -0.4 is 0 Å². The molecule has 0 aromatic rings. The maximum absolute atomic E-state index is 12.7. The number of carbonyl (C=O) groups is 2. The minimum Gasteiger partial charge on any atom is -0.450 e. The number of hydrogen-bond acceptors (Lipinski definition) is 4. The maximum Gasteiger partial charge on any atom is 0.409 e. The Morgan fingerprint density at radius 3 is 2.29 bits per heavy atom. The summed E-state index contributed by atoms with van der Waals surface area (Å²) in [4.78, 5) is 30.9. The number of carbonyl (C=O) groups excluding carboxylic acids is 2. The SMILES string of the molecule is CCOC(=O)N1CCC(N2CCC[C@@H](C(=O)N3CCCC3)C2)CC1. The molecular formula is C18H31N3O3. The van der Waals surface area contributed by atoms with Crippen molar-refractivity contribution in [3.8, 4) is 0 Å². The van der Waals surface area contributed by atoms with E-state index >= 15 is 0 Å². The van der Waals surface area contributed by atoms with Gasteiger partial charge in [-0.1, -0.05) is 0 Å². The van der Waals surface area contributed by atoms with Crippen LogP contribution >= 0.6 is 0 Å². The standard InChI is InChI=1S/C18H31N3O3/c1-2-24-18(23)20-12-7-16(8-13-20)21-11-5-6-15(14-21)17(22)19-9-3-4-10-19/h15-16H,2-14H2,1H3/t15-/m1/s1. The van der Waals surface area contributed by atoms with Gasteiger partial charge < -0.3 is 14.5 Å². The summed E-state index contributed by atoms with van der Waals surface area (Å²) in [6.07, 6.45) is 6.27. The molecule has 0 unspecified atom stereocenters. The molecule has 3 aliphatic rings. The number of piperidine rings is 2. The first-order chi connectivity index (χ1) is 11.7. The second kappa shape index (κ2) is 8.19. The van der Waals surface area contributed by atoms with E-state index in [-0.39, 0.29) is 12.0 Å². The third-order valence-corrected chi connectivity index (χ3v) is 5.73. The van der Waals surface area contributed by atoms with Crippen LogP contribution in [0.5, 0.6) is 0 Å². The Balaban J connectivity index is 1.48. The molecule has 0 aliphatic carbocycles. The predicted molar refractivity (Wildman–Crippen MR) is 91.7 cm³/mol. The highest BCUT2D eigenvalue weighted by Gasteiger charge is 2.34. The lowest BCUT2D eigenvalue weighted by Crippen LogP contribution is -2.51. The first kappa shape index (κ1) is 17.5. The smallest absolute Gasteiger partial charge is 0.409 e. The molecule has 3 saturated heterocycles. The van der Waals surface area contributed by atoms with E-state index in [4.69, 9.17) is 4.74 Å². The molecule has 0 radical (unpaired) electrons. The Morgan fingerprint density at radius 2 is 1.62 bits per heavy atom. The topological polar surface area (TPSA) is 53.1 Å². The quantitative estimate of drug-likeness (QED) is 0.790. The summed E-state index contributed by atoms with van der Waals surface area (Å²) in [5, 5.41) is 0. The largest absolute Gasteiger partial charge is 0.450 e. The Morgan fingerprint density at radius 1 is 0.917 bits per heavy atom. The van der Waals surface area contributed by atoms with Gasteiger partial charge in [0.2, 0.25) is 5.91 Å². The summed E-state index contributed by atoms with van der Waals surface area (Å²) in [7, 11) is 0. The van der Waals surface area contributed by atoms with Gasteiger partial charge in [-0.25, -0.2) is 4.79 Å². The third-order valence-electron chi connectivity index (χ3n) is 5.73. The molecule has 3 rings (SSSR count). The van der Waals surface area contributed by atoms with Crippen LogP contribution in [0.2, 0.25) is 0 Å². The van der Waals surface area contributed by atoms with Crippen molar-refractivity contribution in [2.75, 3.05) is 45.9 Å². The normalized spacial score (nSPS) is 26.6. The fourth-order valence-corrected chi connectivity index (χ4v) is 4.36. The molecule has 3 fully saturated rings. The Bertz CT molecular complexity index is 443. The molecule has 0 spiro atoms. The number of nitrogens with zero attached hydrogens (tertiary/aromatic N) is 3. The average molecular weight is 337 g/mol. The van der Waals surface area contributed by atoms with Crippen molar-refractivity contribution in [3.05, 3.63) is 0 Å². The van der Waals surface area contributed by atoms with Crippen LogP contribution in [0, 0.1) is 5.92 Å². The van der Waals surface area contributed by atoms with Crippen LogP contribution in [-0.4, -0.2) is 78.6 Å². The zero-order valence-electron chi connectivity index (χ0n) is 14.9. The molecule has 3 aliphatic heterocycles. The first-order valence-corrected chi connectivity index (χ1v) is 9.63. The number of likely N-dealkylation sites (tertiary alicyclic amines) is 3. The van der Waals surface area contributed by atoms with Gasteiger partial charge in [-0.15, -0.1) is 0 Å². The molecule has 6 nitrogen and oxygen atoms in total. The van der Waals surface area contributed by atoms with Crippen LogP contribution in [0.4, 0.5) is 4.79 Å². The maximum atomic E-state index is 12.7. The number of hydrogen-bond donors (Lipinski definition) is 0. The van der Waals surface area contributed by atoms with Crippen LogP contribution in [-0.2, 0) is 9.53 Å². The van der Waals surface area contributed by atoms with E-state index in [1.54, 1.807) is 0 Å². The van der Waals surface area contributed by atoms with Crippen LogP contribution in [0.1, 0.15) is 45.4 Å². The van der Waals surface area contributed by atoms with Crippen LogP contribution in [0.3, 0.4) is 0 Å². The van der Waals surface area contributed by atoms with E-state index in [0.29, 0.717) is 18.6 Å². The summed E-state index contributed by atoms with van der Waals surface area (Å²) in [6.45, 7) is 7.71. The van der Waals surface area contributed by atoms with E-state index < -0.39 is 0 Å². The zero-order chi connectivity index (χ0) is 16.9. The van der Waals surface area contributed by atoms with Gasteiger partial charge in [0, 0.05) is 38.8 Å². The Labute approximate surface area is 145 Å². The Hall–Kier alpha value is -1.30. The summed E-state index contributed by atoms with van der Waals surface area (Å²) in [5.74, 6) is 0.557. The van der Waals surface area contributed by atoms with Gasteiger partial charge in [0.05, 0.1) is 12.5 Å².